The molecule has 0 saturated carbocycles. The number of carbonyl (C=O) groups excluding carboxylic acids is 3. The van der Waals surface area contributed by atoms with E-state index in [1.54, 1.807) is 37.3 Å². The molecule has 0 aliphatic heterocycles. The molecule has 0 fully saturated rings. The van der Waals surface area contributed by atoms with E-state index in [2.05, 4.69) is 16.0 Å². The Bertz CT molecular complexity index is 786. The fourth-order valence-corrected chi connectivity index (χ4v) is 2.89. The van der Waals surface area contributed by atoms with Crippen LogP contribution in [-0.2, 0) is 25.6 Å². The number of hydrogen-bond donors (Lipinski definition) is 6. The van der Waals surface area contributed by atoms with Gasteiger partial charge in [0, 0.05) is 6.42 Å². The zero-order valence-electron chi connectivity index (χ0n) is 18.9. The molecule has 3 amide bonds. The number of hydrogen-bond acceptors (Lipinski definition) is 6. The van der Waals surface area contributed by atoms with Crippen LogP contribution >= 0.6 is 0 Å². The molecule has 6 unspecified atom stereocenters. The lowest BCUT2D eigenvalue weighted by atomic mass is 9.97. The molecule has 1 aromatic carbocycles. The molecule has 10 nitrogen and oxygen atoms in total. The molecule has 0 heterocycles. The van der Waals surface area contributed by atoms with Gasteiger partial charge in [-0.1, -0.05) is 50.6 Å². The smallest absolute Gasteiger partial charge is 0.326 e. The van der Waals surface area contributed by atoms with Crippen LogP contribution in [0.5, 0.6) is 0 Å². The number of amides is 3. The van der Waals surface area contributed by atoms with Crippen LogP contribution in [0.2, 0.25) is 0 Å². The Morgan fingerprint density at radius 3 is 2.03 bits per heavy atom. The second kappa shape index (κ2) is 12.8. The lowest BCUT2D eigenvalue weighted by Crippen LogP contribution is -2.58. The Labute approximate surface area is 187 Å². The Kier molecular flexibility index (Phi) is 10.8. The predicted molar refractivity (Wildman–Crippen MR) is 118 cm³/mol. The first-order valence-electron chi connectivity index (χ1n) is 10.6. The van der Waals surface area contributed by atoms with Crippen molar-refractivity contribution < 1.29 is 29.4 Å². The monoisotopic (exact) mass is 450 g/mol. The maximum absolute atomic E-state index is 12.9. The number of aliphatic hydroxyl groups is 1. The Balaban J connectivity index is 2.87. The molecule has 7 N–H and O–H groups in total. The van der Waals surface area contributed by atoms with Gasteiger partial charge in [-0.2, -0.15) is 0 Å². The average Bonchev–Trinajstić information content (AvgIpc) is 2.75. The van der Waals surface area contributed by atoms with E-state index in [-0.39, 0.29) is 12.3 Å². The highest BCUT2D eigenvalue weighted by atomic mass is 16.4. The zero-order valence-corrected chi connectivity index (χ0v) is 18.9. The summed E-state index contributed by atoms with van der Waals surface area (Å²) < 4.78 is 0. The quantitative estimate of drug-likeness (QED) is 0.250. The molecular formula is C22H34N4O6. The fourth-order valence-electron chi connectivity index (χ4n) is 2.89. The van der Waals surface area contributed by atoms with Crippen LogP contribution in [0.1, 0.15) is 39.7 Å². The highest BCUT2D eigenvalue weighted by Crippen LogP contribution is 2.10. The van der Waals surface area contributed by atoms with Crippen LogP contribution in [0.3, 0.4) is 0 Å². The van der Waals surface area contributed by atoms with E-state index >= 15 is 0 Å². The molecule has 0 bridgehead atoms. The summed E-state index contributed by atoms with van der Waals surface area (Å²) >= 11 is 0. The standard InChI is InChI=1S/C22H34N4O6/c1-5-12(2)18(26-19(28)13(3)24-20(29)17(23)14(4)27)21(30)25-16(22(31)32)11-15-9-7-6-8-10-15/h6-10,12-14,16-18,27H,5,11,23H2,1-4H3,(H,24,29)(H,25,30)(H,26,28)(H,31,32). The minimum absolute atomic E-state index is 0.0901. The van der Waals surface area contributed by atoms with Gasteiger partial charge in [0.2, 0.25) is 17.7 Å². The second-order valence-corrected chi connectivity index (χ2v) is 7.96. The number of rotatable bonds is 12. The molecule has 1 aromatic rings. The molecule has 0 aliphatic carbocycles. The van der Waals surface area contributed by atoms with Crippen molar-refractivity contribution in [3.05, 3.63) is 35.9 Å². The number of carboxylic acids is 1. The van der Waals surface area contributed by atoms with E-state index in [4.69, 9.17) is 5.73 Å². The summed E-state index contributed by atoms with van der Waals surface area (Å²) in [4.78, 5) is 49.2. The summed E-state index contributed by atoms with van der Waals surface area (Å²) in [5.74, 6) is -3.46. The molecule has 0 radical (unpaired) electrons. The molecule has 1 rings (SSSR count). The summed E-state index contributed by atoms with van der Waals surface area (Å²) in [6.45, 7) is 6.36. The Hall–Kier alpha value is -2.98. The topological polar surface area (TPSA) is 171 Å². The van der Waals surface area contributed by atoms with Crippen LogP contribution in [0, 0.1) is 5.92 Å². The largest absolute Gasteiger partial charge is 0.480 e. The third kappa shape index (κ3) is 8.27. The van der Waals surface area contributed by atoms with E-state index in [0.717, 1.165) is 5.56 Å². The Morgan fingerprint density at radius 2 is 1.53 bits per heavy atom. The van der Waals surface area contributed by atoms with Gasteiger partial charge in [0.05, 0.1) is 6.10 Å². The van der Waals surface area contributed by atoms with Crippen molar-refractivity contribution in [3.63, 3.8) is 0 Å². The fraction of sp³-hybridized carbons (Fsp3) is 0.545. The van der Waals surface area contributed by atoms with Crippen molar-refractivity contribution in [2.24, 2.45) is 11.7 Å². The predicted octanol–water partition coefficient (Wildman–Crippen LogP) is -0.458. The molecule has 0 aliphatic rings. The second-order valence-electron chi connectivity index (χ2n) is 7.96. The summed E-state index contributed by atoms with van der Waals surface area (Å²) in [7, 11) is 0. The van der Waals surface area contributed by atoms with Gasteiger partial charge in [0.25, 0.3) is 0 Å². The number of nitrogens with one attached hydrogen (secondary N) is 3. The third-order valence-electron chi connectivity index (χ3n) is 5.26. The highest BCUT2D eigenvalue weighted by molar-refractivity contribution is 5.94. The normalized spacial score (nSPS) is 16.6. The van der Waals surface area contributed by atoms with Crippen LogP contribution in [0.4, 0.5) is 0 Å². The SMILES string of the molecule is CCC(C)C(NC(=O)C(C)NC(=O)C(N)C(C)O)C(=O)NC(Cc1ccccc1)C(=O)O. The lowest BCUT2D eigenvalue weighted by molar-refractivity contribution is -0.142. The molecule has 32 heavy (non-hydrogen) atoms. The van der Waals surface area contributed by atoms with E-state index in [0.29, 0.717) is 6.42 Å². The van der Waals surface area contributed by atoms with Crippen molar-refractivity contribution in [1.29, 1.82) is 0 Å². The van der Waals surface area contributed by atoms with Gasteiger partial charge in [-0.05, 0) is 25.3 Å². The van der Waals surface area contributed by atoms with Gasteiger partial charge in [-0.25, -0.2) is 4.79 Å². The summed E-state index contributed by atoms with van der Waals surface area (Å²) in [6, 6.07) is 4.48. The molecule has 0 aromatic heterocycles. The minimum Gasteiger partial charge on any atom is -0.480 e. The lowest BCUT2D eigenvalue weighted by Gasteiger charge is -2.27. The van der Waals surface area contributed by atoms with Gasteiger partial charge in [-0.15, -0.1) is 0 Å². The number of aliphatic hydroxyl groups excluding tert-OH is 1. The van der Waals surface area contributed by atoms with Crippen molar-refractivity contribution in [2.45, 2.75) is 70.8 Å². The van der Waals surface area contributed by atoms with Gasteiger partial charge in [0.15, 0.2) is 0 Å². The van der Waals surface area contributed by atoms with E-state index in [9.17, 15) is 29.4 Å². The minimum atomic E-state index is -1.20. The van der Waals surface area contributed by atoms with E-state index in [1.807, 2.05) is 6.92 Å². The number of carboxylic acid groups (broad SMARTS) is 1. The number of nitrogens with two attached hydrogens (primary N) is 1. The van der Waals surface area contributed by atoms with Crippen LogP contribution in [0.15, 0.2) is 30.3 Å². The molecule has 0 saturated heterocycles. The summed E-state index contributed by atoms with van der Waals surface area (Å²) in [5.41, 5.74) is 6.31. The summed E-state index contributed by atoms with van der Waals surface area (Å²) in [5, 5.41) is 26.4. The third-order valence-corrected chi connectivity index (χ3v) is 5.26. The van der Waals surface area contributed by atoms with Gasteiger partial charge >= 0.3 is 5.97 Å². The van der Waals surface area contributed by atoms with E-state index < -0.39 is 54.0 Å². The van der Waals surface area contributed by atoms with Crippen LogP contribution in [-0.4, -0.2) is 64.2 Å². The number of carbonyl (C=O) groups is 4. The van der Waals surface area contributed by atoms with Gasteiger partial charge < -0.3 is 31.9 Å². The zero-order chi connectivity index (χ0) is 24.4. The van der Waals surface area contributed by atoms with Gasteiger partial charge in [0.1, 0.15) is 24.2 Å². The summed E-state index contributed by atoms with van der Waals surface area (Å²) in [6.07, 6.45) is -0.462. The van der Waals surface area contributed by atoms with Crippen molar-refractivity contribution >= 4 is 23.7 Å². The van der Waals surface area contributed by atoms with E-state index in [1.165, 1.54) is 13.8 Å². The van der Waals surface area contributed by atoms with Crippen LogP contribution < -0.4 is 21.7 Å². The van der Waals surface area contributed by atoms with Crippen molar-refractivity contribution in [1.82, 2.24) is 16.0 Å². The highest BCUT2D eigenvalue weighted by Gasteiger charge is 2.32. The van der Waals surface area contributed by atoms with Crippen molar-refractivity contribution in [2.75, 3.05) is 0 Å². The number of benzene rings is 1. The van der Waals surface area contributed by atoms with Crippen molar-refractivity contribution in [3.8, 4) is 0 Å². The molecule has 10 heteroatoms. The maximum atomic E-state index is 12.9. The first kappa shape index (κ1) is 27.1. The molecular weight excluding hydrogens is 416 g/mol. The van der Waals surface area contributed by atoms with Crippen LogP contribution in [0.25, 0.3) is 0 Å². The Morgan fingerprint density at radius 1 is 0.938 bits per heavy atom. The molecule has 0 spiro atoms. The average molecular weight is 451 g/mol. The van der Waals surface area contributed by atoms with Gasteiger partial charge in [-0.3, -0.25) is 14.4 Å². The first-order chi connectivity index (χ1) is 15.0. The number of aliphatic carboxylic acids is 1. The maximum Gasteiger partial charge on any atom is 0.326 e. The first-order valence-corrected chi connectivity index (χ1v) is 10.6. The molecule has 178 valence electrons. The molecule has 6 atom stereocenters.